The van der Waals surface area contributed by atoms with Crippen molar-refractivity contribution in [2.45, 2.75) is 50.5 Å². The van der Waals surface area contributed by atoms with Crippen molar-refractivity contribution in [2.24, 2.45) is 0 Å². The number of nitrogens with zero attached hydrogens (tertiary/aromatic N) is 1. The Bertz CT molecular complexity index is 515. The molecule has 2 aliphatic rings. The van der Waals surface area contributed by atoms with E-state index in [1.165, 1.54) is 6.20 Å². The Morgan fingerprint density at radius 1 is 1.42 bits per heavy atom. The van der Waals surface area contributed by atoms with Crippen LogP contribution in [0.3, 0.4) is 0 Å². The highest BCUT2D eigenvalue weighted by Gasteiger charge is 2.49. The molecule has 0 radical (unpaired) electrons. The Morgan fingerprint density at radius 2 is 2.11 bits per heavy atom. The van der Waals surface area contributed by atoms with Crippen LogP contribution in [0.25, 0.3) is 0 Å². The highest BCUT2D eigenvalue weighted by molar-refractivity contribution is 5.46. The molecule has 0 amide bonds. The van der Waals surface area contributed by atoms with Crippen LogP contribution in [-0.2, 0) is 6.42 Å². The zero-order valence-corrected chi connectivity index (χ0v) is 10.4. The monoisotopic (exact) mass is 273 g/mol. The number of aliphatic hydroxyl groups is 1. The number of pyridine rings is 1. The van der Waals surface area contributed by atoms with Gasteiger partial charge in [0, 0.05) is 31.0 Å². The molecule has 1 heterocycles. The summed E-state index contributed by atoms with van der Waals surface area (Å²) in [6, 6.07) is 0. The minimum atomic E-state index is -3.20. The van der Waals surface area contributed by atoms with Crippen LogP contribution in [0.4, 0.5) is 13.2 Å². The van der Waals surface area contributed by atoms with Gasteiger partial charge in [-0.05, 0) is 18.1 Å². The van der Waals surface area contributed by atoms with Crippen molar-refractivity contribution in [1.82, 2.24) is 4.98 Å². The fourth-order valence-electron chi connectivity index (χ4n) is 2.61. The van der Waals surface area contributed by atoms with E-state index in [4.69, 9.17) is 4.74 Å². The summed E-state index contributed by atoms with van der Waals surface area (Å²) in [4.78, 5) is 4.01. The van der Waals surface area contributed by atoms with Crippen LogP contribution in [-0.4, -0.2) is 28.3 Å². The van der Waals surface area contributed by atoms with E-state index in [1.807, 2.05) is 0 Å². The fraction of sp³-hybridized carbons (Fsp3) is 0.615. The van der Waals surface area contributed by atoms with Crippen molar-refractivity contribution in [3.8, 4) is 5.88 Å². The number of hydrogen-bond donors (Lipinski definition) is 1. The van der Waals surface area contributed by atoms with Crippen molar-refractivity contribution in [3.63, 3.8) is 0 Å². The predicted octanol–water partition coefficient (Wildman–Crippen LogP) is 2.49. The van der Waals surface area contributed by atoms with Gasteiger partial charge in [0.15, 0.2) is 0 Å². The highest BCUT2D eigenvalue weighted by atomic mass is 19.3. The van der Waals surface area contributed by atoms with E-state index in [2.05, 4.69) is 4.98 Å². The minimum absolute atomic E-state index is 0.105. The second kappa shape index (κ2) is 4.10. The highest BCUT2D eigenvalue weighted by Crippen LogP contribution is 2.47. The molecule has 0 unspecified atom stereocenters. The minimum Gasteiger partial charge on any atom is -0.474 e. The normalized spacial score (nSPS) is 31.7. The van der Waals surface area contributed by atoms with Gasteiger partial charge in [-0.25, -0.2) is 18.2 Å². The first-order valence-electron chi connectivity index (χ1n) is 6.23. The van der Waals surface area contributed by atoms with Gasteiger partial charge in [-0.1, -0.05) is 0 Å². The maximum absolute atomic E-state index is 13.6. The first-order chi connectivity index (χ1) is 8.88. The van der Waals surface area contributed by atoms with Crippen LogP contribution in [0.15, 0.2) is 6.20 Å². The molecule has 1 saturated carbocycles. The Kier molecular flexibility index (Phi) is 2.74. The summed E-state index contributed by atoms with van der Waals surface area (Å²) < 4.78 is 45.4. The first-order valence-corrected chi connectivity index (χ1v) is 6.23. The van der Waals surface area contributed by atoms with Gasteiger partial charge in [0.25, 0.3) is 5.92 Å². The van der Waals surface area contributed by atoms with Gasteiger partial charge < -0.3 is 9.84 Å². The van der Waals surface area contributed by atoms with Crippen LogP contribution < -0.4 is 4.74 Å². The molecule has 6 heteroatoms. The molecule has 19 heavy (non-hydrogen) atoms. The SMILES string of the molecule is Cc1cnc(OC2CC(F)C2)c2c1[C@H](O)C(F)(F)C2. The van der Waals surface area contributed by atoms with Crippen LogP contribution in [0.5, 0.6) is 5.88 Å². The molecular weight excluding hydrogens is 259 g/mol. The van der Waals surface area contributed by atoms with E-state index in [0.717, 1.165) is 0 Å². The molecule has 0 aromatic carbocycles. The Labute approximate surface area is 108 Å². The second-order valence-corrected chi connectivity index (χ2v) is 5.29. The smallest absolute Gasteiger partial charge is 0.281 e. The molecule has 0 aliphatic heterocycles. The van der Waals surface area contributed by atoms with Gasteiger partial charge in [0.05, 0.1) is 0 Å². The average Bonchev–Trinajstić information content (AvgIpc) is 2.53. The largest absolute Gasteiger partial charge is 0.474 e. The summed E-state index contributed by atoms with van der Waals surface area (Å²) in [5.74, 6) is -3.09. The van der Waals surface area contributed by atoms with Crippen molar-refractivity contribution >= 4 is 0 Å². The molecule has 1 aromatic heterocycles. The second-order valence-electron chi connectivity index (χ2n) is 5.29. The van der Waals surface area contributed by atoms with E-state index in [1.54, 1.807) is 6.92 Å². The molecule has 1 N–H and O–H groups in total. The zero-order valence-electron chi connectivity index (χ0n) is 10.4. The molecule has 2 aliphatic carbocycles. The van der Waals surface area contributed by atoms with Gasteiger partial charge in [-0.15, -0.1) is 0 Å². The summed E-state index contributed by atoms with van der Waals surface area (Å²) in [7, 11) is 0. The summed E-state index contributed by atoms with van der Waals surface area (Å²) >= 11 is 0. The van der Waals surface area contributed by atoms with Crippen molar-refractivity contribution in [2.75, 3.05) is 0 Å². The quantitative estimate of drug-likeness (QED) is 0.900. The van der Waals surface area contributed by atoms with Gasteiger partial charge in [-0.3, -0.25) is 0 Å². The predicted molar refractivity (Wildman–Crippen MR) is 61.1 cm³/mol. The lowest BCUT2D eigenvalue weighted by molar-refractivity contribution is -0.0971. The number of hydrogen-bond acceptors (Lipinski definition) is 3. The Balaban J connectivity index is 1.92. The number of alkyl halides is 3. The van der Waals surface area contributed by atoms with Gasteiger partial charge in [-0.2, -0.15) is 0 Å². The Morgan fingerprint density at radius 3 is 2.74 bits per heavy atom. The standard InChI is InChI=1S/C13H14F3NO2/c1-6-5-17-12(19-8-2-7(14)3-8)9-4-13(15,16)11(18)10(6)9/h5,7-8,11,18H,2-4H2,1H3/t7?,8?,11-/m0/s1. The molecule has 3 nitrogen and oxygen atoms in total. The van der Waals surface area contributed by atoms with Crippen molar-refractivity contribution < 1.29 is 23.0 Å². The molecule has 3 rings (SSSR count). The summed E-state index contributed by atoms with van der Waals surface area (Å²) in [6.45, 7) is 1.63. The van der Waals surface area contributed by atoms with Crippen LogP contribution in [0.1, 0.15) is 35.6 Å². The fourth-order valence-corrected chi connectivity index (χ4v) is 2.61. The molecule has 1 fully saturated rings. The summed E-state index contributed by atoms with van der Waals surface area (Å²) in [5, 5.41) is 9.67. The third-order valence-electron chi connectivity index (χ3n) is 3.79. The Hall–Kier alpha value is -1.30. The van der Waals surface area contributed by atoms with E-state index < -0.39 is 24.6 Å². The molecule has 104 valence electrons. The average molecular weight is 273 g/mol. The number of halogens is 3. The molecule has 0 saturated heterocycles. The lowest BCUT2D eigenvalue weighted by atomic mass is 9.93. The number of aromatic nitrogens is 1. The molecule has 0 spiro atoms. The third-order valence-corrected chi connectivity index (χ3v) is 3.79. The topological polar surface area (TPSA) is 42.4 Å². The molecule has 1 atom stereocenters. The number of ether oxygens (including phenoxy) is 1. The van der Waals surface area contributed by atoms with Gasteiger partial charge in [0.2, 0.25) is 5.88 Å². The first kappa shape index (κ1) is 12.7. The molecule has 1 aromatic rings. The van der Waals surface area contributed by atoms with Crippen molar-refractivity contribution in [1.29, 1.82) is 0 Å². The van der Waals surface area contributed by atoms with Gasteiger partial charge >= 0.3 is 0 Å². The van der Waals surface area contributed by atoms with Crippen molar-refractivity contribution in [3.05, 3.63) is 22.9 Å². The van der Waals surface area contributed by atoms with E-state index >= 15 is 0 Å². The number of aliphatic hydroxyl groups excluding tert-OH is 1. The number of rotatable bonds is 2. The van der Waals surface area contributed by atoms with Crippen LogP contribution in [0.2, 0.25) is 0 Å². The van der Waals surface area contributed by atoms with Crippen LogP contribution in [0, 0.1) is 6.92 Å². The van der Waals surface area contributed by atoms with Crippen LogP contribution >= 0.6 is 0 Å². The van der Waals surface area contributed by atoms with E-state index in [0.29, 0.717) is 5.56 Å². The maximum atomic E-state index is 13.6. The third kappa shape index (κ3) is 1.98. The lowest BCUT2D eigenvalue weighted by Crippen LogP contribution is -2.35. The maximum Gasteiger partial charge on any atom is 0.281 e. The zero-order chi connectivity index (χ0) is 13.8. The molecule has 0 bridgehead atoms. The van der Waals surface area contributed by atoms with Gasteiger partial charge in [0.1, 0.15) is 18.4 Å². The summed E-state index contributed by atoms with van der Waals surface area (Å²) in [5.41, 5.74) is 0.968. The number of aryl methyl sites for hydroxylation is 1. The number of fused-ring (bicyclic) bond motifs is 1. The van der Waals surface area contributed by atoms with E-state index in [-0.39, 0.29) is 36.0 Å². The van der Waals surface area contributed by atoms with E-state index in [9.17, 15) is 18.3 Å². The summed E-state index contributed by atoms with van der Waals surface area (Å²) in [6.07, 6.45) is -1.64. The molecular formula is C13H14F3NO2. The lowest BCUT2D eigenvalue weighted by Gasteiger charge is -2.30.